The van der Waals surface area contributed by atoms with Crippen molar-refractivity contribution in [2.45, 2.75) is 33.7 Å². The summed E-state index contributed by atoms with van der Waals surface area (Å²) >= 11 is 0. The zero-order chi connectivity index (χ0) is 16.2. The molecule has 0 aliphatic carbocycles. The van der Waals surface area contributed by atoms with E-state index in [4.69, 9.17) is 4.74 Å². The highest BCUT2D eigenvalue weighted by Gasteiger charge is 2.25. The largest absolute Gasteiger partial charge is 0.465 e. The molecule has 0 unspecified atom stereocenters. The van der Waals surface area contributed by atoms with E-state index in [0.29, 0.717) is 6.07 Å². The van der Waals surface area contributed by atoms with Crippen molar-refractivity contribution >= 4 is 11.9 Å². The van der Waals surface area contributed by atoms with Crippen LogP contribution in [0.4, 0.5) is 8.78 Å². The van der Waals surface area contributed by atoms with E-state index in [0.717, 1.165) is 6.07 Å². The number of nitrogens with zero attached hydrogens (tertiary/aromatic N) is 1. The lowest BCUT2D eigenvalue weighted by Crippen LogP contribution is -2.41. The summed E-state index contributed by atoms with van der Waals surface area (Å²) in [6.45, 7) is 6.42. The van der Waals surface area contributed by atoms with Gasteiger partial charge in [-0.3, -0.25) is 9.59 Å². The molecule has 0 aliphatic rings. The number of carbonyl (C=O) groups is 2. The topological polar surface area (TPSA) is 46.6 Å². The minimum absolute atomic E-state index is 0.166. The maximum atomic E-state index is 13.8. The predicted molar refractivity (Wildman–Crippen MR) is 73.9 cm³/mol. The molecular formula is C15H19F2NO3. The standard InChI is InChI=1S/C15H19F2NO3/c1-5-21-14(19)8-18(9(2)3)15(20)11-6-10(4)12(16)7-13(11)17/h6-7,9H,5,8H2,1-4H3. The van der Waals surface area contributed by atoms with Crippen LogP contribution in [0.25, 0.3) is 0 Å². The molecule has 0 radical (unpaired) electrons. The maximum absolute atomic E-state index is 13.8. The second kappa shape index (κ2) is 7.15. The van der Waals surface area contributed by atoms with Crippen LogP contribution in [0.3, 0.4) is 0 Å². The summed E-state index contributed by atoms with van der Waals surface area (Å²) in [5, 5.41) is 0. The van der Waals surface area contributed by atoms with Crippen LogP contribution in [-0.2, 0) is 9.53 Å². The quantitative estimate of drug-likeness (QED) is 0.785. The normalized spacial score (nSPS) is 10.6. The van der Waals surface area contributed by atoms with Crippen molar-refractivity contribution in [2.24, 2.45) is 0 Å². The van der Waals surface area contributed by atoms with E-state index in [-0.39, 0.29) is 30.3 Å². The van der Waals surface area contributed by atoms with Crippen LogP contribution < -0.4 is 0 Å². The van der Waals surface area contributed by atoms with E-state index in [1.54, 1.807) is 20.8 Å². The fourth-order valence-electron chi connectivity index (χ4n) is 1.81. The van der Waals surface area contributed by atoms with Crippen LogP contribution >= 0.6 is 0 Å². The number of hydrogen-bond acceptors (Lipinski definition) is 3. The number of benzene rings is 1. The number of halogens is 2. The van der Waals surface area contributed by atoms with Crippen molar-refractivity contribution in [3.8, 4) is 0 Å². The molecule has 1 aromatic carbocycles. The van der Waals surface area contributed by atoms with Gasteiger partial charge in [0.25, 0.3) is 5.91 Å². The van der Waals surface area contributed by atoms with Crippen LogP contribution in [0, 0.1) is 18.6 Å². The van der Waals surface area contributed by atoms with Gasteiger partial charge in [0.15, 0.2) is 0 Å². The molecule has 1 amide bonds. The lowest BCUT2D eigenvalue weighted by atomic mass is 10.1. The molecule has 0 fully saturated rings. The molecule has 0 atom stereocenters. The summed E-state index contributed by atoms with van der Waals surface area (Å²) in [5.41, 5.74) is -0.0912. The number of amides is 1. The van der Waals surface area contributed by atoms with Crippen molar-refractivity contribution < 1.29 is 23.1 Å². The van der Waals surface area contributed by atoms with Gasteiger partial charge in [0.2, 0.25) is 0 Å². The molecule has 1 aromatic rings. The molecule has 116 valence electrons. The second-order valence-corrected chi connectivity index (χ2v) is 4.91. The summed E-state index contributed by atoms with van der Waals surface area (Å²) in [5.74, 6) is -2.90. The van der Waals surface area contributed by atoms with Crippen molar-refractivity contribution in [3.63, 3.8) is 0 Å². The third-order valence-electron chi connectivity index (χ3n) is 2.97. The smallest absolute Gasteiger partial charge is 0.325 e. The Labute approximate surface area is 122 Å². The highest BCUT2D eigenvalue weighted by molar-refractivity contribution is 5.96. The molecule has 0 bridgehead atoms. The van der Waals surface area contributed by atoms with Gasteiger partial charge < -0.3 is 9.64 Å². The minimum atomic E-state index is -0.947. The molecule has 21 heavy (non-hydrogen) atoms. The SMILES string of the molecule is CCOC(=O)CN(C(=O)c1cc(C)c(F)cc1F)C(C)C. The van der Waals surface area contributed by atoms with Gasteiger partial charge in [0.05, 0.1) is 12.2 Å². The average molecular weight is 299 g/mol. The number of rotatable bonds is 5. The second-order valence-electron chi connectivity index (χ2n) is 4.91. The highest BCUT2D eigenvalue weighted by Crippen LogP contribution is 2.17. The number of carbonyl (C=O) groups excluding carboxylic acids is 2. The van der Waals surface area contributed by atoms with Gasteiger partial charge in [-0.2, -0.15) is 0 Å². The zero-order valence-electron chi connectivity index (χ0n) is 12.6. The van der Waals surface area contributed by atoms with Crippen LogP contribution in [0.15, 0.2) is 12.1 Å². The molecule has 0 saturated heterocycles. The molecule has 1 rings (SSSR count). The Hall–Kier alpha value is -1.98. The first-order valence-corrected chi connectivity index (χ1v) is 6.70. The maximum Gasteiger partial charge on any atom is 0.325 e. The van der Waals surface area contributed by atoms with Crippen molar-refractivity contribution in [1.82, 2.24) is 4.90 Å². The Morgan fingerprint density at radius 2 is 1.86 bits per heavy atom. The van der Waals surface area contributed by atoms with E-state index < -0.39 is 23.5 Å². The third-order valence-corrected chi connectivity index (χ3v) is 2.97. The van der Waals surface area contributed by atoms with E-state index in [2.05, 4.69) is 0 Å². The molecule has 0 N–H and O–H groups in total. The van der Waals surface area contributed by atoms with E-state index in [1.807, 2.05) is 0 Å². The Morgan fingerprint density at radius 3 is 2.38 bits per heavy atom. The molecule has 0 aliphatic heterocycles. The van der Waals surface area contributed by atoms with Crippen LogP contribution in [-0.4, -0.2) is 36.0 Å². The van der Waals surface area contributed by atoms with E-state index >= 15 is 0 Å². The highest BCUT2D eigenvalue weighted by atomic mass is 19.1. The lowest BCUT2D eigenvalue weighted by Gasteiger charge is -2.26. The van der Waals surface area contributed by atoms with Crippen molar-refractivity contribution in [1.29, 1.82) is 0 Å². The zero-order valence-corrected chi connectivity index (χ0v) is 12.6. The molecule has 0 aromatic heterocycles. The fourth-order valence-corrected chi connectivity index (χ4v) is 1.81. The summed E-state index contributed by atoms with van der Waals surface area (Å²) in [4.78, 5) is 25.1. The predicted octanol–water partition coefficient (Wildman–Crippen LogP) is 2.69. The summed E-state index contributed by atoms with van der Waals surface area (Å²) in [7, 11) is 0. The Balaban J connectivity index is 3.07. The van der Waals surface area contributed by atoms with Gasteiger partial charge in [-0.05, 0) is 39.3 Å². The molecule has 6 heteroatoms. The summed E-state index contributed by atoms with van der Waals surface area (Å²) in [6.07, 6.45) is 0. The van der Waals surface area contributed by atoms with Gasteiger partial charge in [0, 0.05) is 12.1 Å². The number of aryl methyl sites for hydroxylation is 1. The van der Waals surface area contributed by atoms with Gasteiger partial charge in [-0.1, -0.05) is 0 Å². The Bertz CT molecular complexity index is 544. The molecule has 0 saturated carbocycles. The Kier molecular flexibility index (Phi) is 5.81. The van der Waals surface area contributed by atoms with Gasteiger partial charge in [0.1, 0.15) is 18.2 Å². The number of ether oxygens (including phenoxy) is 1. The molecule has 0 heterocycles. The van der Waals surface area contributed by atoms with E-state index in [9.17, 15) is 18.4 Å². The number of hydrogen-bond donors (Lipinski definition) is 0. The molecule has 4 nitrogen and oxygen atoms in total. The molecule has 0 spiro atoms. The van der Waals surface area contributed by atoms with Gasteiger partial charge >= 0.3 is 5.97 Å². The van der Waals surface area contributed by atoms with Crippen LogP contribution in [0.5, 0.6) is 0 Å². The average Bonchev–Trinajstić information content (AvgIpc) is 2.39. The van der Waals surface area contributed by atoms with Gasteiger partial charge in [-0.15, -0.1) is 0 Å². The van der Waals surface area contributed by atoms with Crippen molar-refractivity contribution in [2.75, 3.05) is 13.2 Å². The van der Waals surface area contributed by atoms with Crippen LogP contribution in [0.1, 0.15) is 36.7 Å². The van der Waals surface area contributed by atoms with E-state index in [1.165, 1.54) is 11.8 Å². The minimum Gasteiger partial charge on any atom is -0.465 e. The summed E-state index contributed by atoms with van der Waals surface area (Å²) < 4.78 is 31.8. The first-order valence-electron chi connectivity index (χ1n) is 6.70. The Morgan fingerprint density at radius 1 is 1.24 bits per heavy atom. The molecular weight excluding hydrogens is 280 g/mol. The van der Waals surface area contributed by atoms with Crippen LogP contribution in [0.2, 0.25) is 0 Å². The fraction of sp³-hybridized carbons (Fsp3) is 0.467. The first kappa shape index (κ1) is 17.1. The lowest BCUT2D eigenvalue weighted by molar-refractivity contribution is -0.144. The monoisotopic (exact) mass is 299 g/mol. The summed E-state index contributed by atoms with van der Waals surface area (Å²) in [6, 6.07) is 1.49. The van der Waals surface area contributed by atoms with Crippen molar-refractivity contribution in [3.05, 3.63) is 34.9 Å². The number of esters is 1. The third kappa shape index (κ3) is 4.24. The first-order chi connectivity index (χ1) is 9.77. The van der Waals surface area contributed by atoms with Gasteiger partial charge in [-0.25, -0.2) is 8.78 Å².